The number of carboxylic acid groups (broad SMARTS) is 1. The predicted molar refractivity (Wildman–Crippen MR) is 45.6 cm³/mol. The van der Waals surface area contributed by atoms with Crippen LogP contribution in [0, 0.1) is 0 Å². The maximum absolute atomic E-state index is 11.6. The molecule has 0 aliphatic rings. The molecule has 7 nitrogen and oxygen atoms in total. The van der Waals surface area contributed by atoms with Crippen molar-refractivity contribution in [2.24, 2.45) is 5.16 Å². The Hall–Kier alpha value is -1.77. The lowest BCUT2D eigenvalue weighted by molar-refractivity contribution is -0.129. The van der Waals surface area contributed by atoms with Crippen molar-refractivity contribution in [1.82, 2.24) is 9.36 Å². The largest absolute Gasteiger partial charge is 0.476 e. The van der Waals surface area contributed by atoms with Gasteiger partial charge in [-0.2, -0.15) is 9.36 Å². The zero-order chi connectivity index (χ0) is 10.6. The van der Waals surface area contributed by atoms with Gasteiger partial charge in [-0.1, -0.05) is 5.16 Å². The van der Waals surface area contributed by atoms with Crippen molar-refractivity contribution < 1.29 is 19.1 Å². The standard InChI is InChI=1S/C5H5FN4O3S/c6-1-13-9-2(4(11)12)3-8-5(7)14-10-3/h1H2,(H,11,12)(H2,7,8,10)/b9-2-/i5+2. The van der Waals surface area contributed by atoms with Crippen LogP contribution in [0.1, 0.15) is 5.82 Å². The van der Waals surface area contributed by atoms with Gasteiger partial charge in [0.1, 0.15) is 0 Å². The average Bonchev–Trinajstić information content (AvgIpc) is 2.52. The molecule has 0 aliphatic heterocycles. The van der Waals surface area contributed by atoms with Crippen molar-refractivity contribution in [1.29, 1.82) is 0 Å². The third kappa shape index (κ3) is 2.36. The van der Waals surface area contributed by atoms with Crippen molar-refractivity contribution in [3.63, 3.8) is 0 Å². The van der Waals surface area contributed by atoms with Gasteiger partial charge >= 0.3 is 5.97 Å². The monoisotopic (exact) mass is 222 g/mol. The van der Waals surface area contributed by atoms with E-state index in [4.69, 9.17) is 10.8 Å². The molecule has 76 valence electrons. The Morgan fingerprint density at radius 3 is 3.00 bits per heavy atom. The number of nitrogens with zero attached hydrogens (tertiary/aromatic N) is 3. The number of oxime groups is 1. The van der Waals surface area contributed by atoms with E-state index >= 15 is 0 Å². The van der Waals surface area contributed by atoms with Gasteiger partial charge < -0.3 is 15.7 Å². The number of carboxylic acids is 1. The zero-order valence-electron chi connectivity index (χ0n) is 6.68. The highest BCUT2D eigenvalue weighted by Gasteiger charge is 2.18. The number of hydrogen-bond acceptors (Lipinski definition) is 7. The van der Waals surface area contributed by atoms with Crippen LogP contribution in [-0.4, -0.2) is 33.0 Å². The molecule has 0 bridgehead atoms. The van der Waals surface area contributed by atoms with Gasteiger partial charge in [-0.25, -0.2) is 9.18 Å². The van der Waals surface area contributed by atoms with Crippen LogP contribution >= 0.6 is 11.5 Å². The van der Waals surface area contributed by atoms with Crippen LogP contribution in [0.2, 0.25) is 0 Å². The summed E-state index contributed by atoms with van der Waals surface area (Å²) in [5.41, 5.74) is 4.64. The van der Waals surface area contributed by atoms with Crippen LogP contribution in [0.4, 0.5) is 9.52 Å². The number of aliphatic carboxylic acids is 1. The molecule has 14 heavy (non-hydrogen) atoms. The van der Waals surface area contributed by atoms with E-state index in [2.05, 4.69) is 19.4 Å². The number of rotatable bonds is 4. The Morgan fingerprint density at radius 2 is 2.57 bits per heavy atom. The maximum atomic E-state index is 11.6. The molecular formula is C5H5FN4O3S. The number of nitrogens with two attached hydrogens (primary N) is 1. The van der Waals surface area contributed by atoms with E-state index in [-0.39, 0.29) is 11.0 Å². The summed E-state index contributed by atoms with van der Waals surface area (Å²) in [6.07, 6.45) is 0. The van der Waals surface area contributed by atoms with Crippen LogP contribution < -0.4 is 5.73 Å². The predicted octanol–water partition coefficient (Wildman–Crippen LogP) is -0.147. The summed E-state index contributed by atoms with van der Waals surface area (Å²) in [5.74, 6) is -1.62. The first-order chi connectivity index (χ1) is 6.65. The van der Waals surface area contributed by atoms with Crippen molar-refractivity contribution in [3.8, 4) is 0 Å². The summed E-state index contributed by atoms with van der Waals surface area (Å²) in [5, 5.41) is 11.7. The van der Waals surface area contributed by atoms with Gasteiger partial charge in [-0.3, -0.25) is 0 Å². The van der Waals surface area contributed by atoms with Crippen LogP contribution in [0.3, 0.4) is 0 Å². The smallest absolute Gasteiger partial charge is 0.362 e. The van der Waals surface area contributed by atoms with Crippen molar-refractivity contribution in [2.75, 3.05) is 12.6 Å². The number of hydrogen-bond donors (Lipinski definition) is 2. The van der Waals surface area contributed by atoms with E-state index in [1.807, 2.05) is 0 Å². The molecule has 0 saturated carbocycles. The molecule has 0 atom stereocenters. The molecule has 3 N–H and O–H groups in total. The SMILES string of the molecule is N[14c]1nc(/C(=N/OCF)C(=O)O)ns1. The first kappa shape index (κ1) is 10.3. The summed E-state index contributed by atoms with van der Waals surface area (Å²) >= 11 is 0.807. The Kier molecular flexibility index (Phi) is 3.29. The summed E-state index contributed by atoms with van der Waals surface area (Å²) in [6, 6.07) is 0. The fourth-order valence-electron chi connectivity index (χ4n) is 0.596. The Bertz CT molecular complexity index is 366. The lowest BCUT2D eigenvalue weighted by Gasteiger charge is -1.94. The highest BCUT2D eigenvalue weighted by molar-refractivity contribution is 7.09. The van der Waals surface area contributed by atoms with Crippen LogP contribution in [0.25, 0.3) is 0 Å². The molecule has 0 spiro atoms. The second-order valence-electron chi connectivity index (χ2n) is 1.94. The van der Waals surface area contributed by atoms with E-state index in [1.54, 1.807) is 0 Å². The maximum Gasteiger partial charge on any atom is 0.362 e. The molecule has 0 aliphatic carbocycles. The van der Waals surface area contributed by atoms with Gasteiger partial charge in [0.05, 0.1) is 0 Å². The topological polar surface area (TPSA) is 111 Å². The van der Waals surface area contributed by atoms with Crippen molar-refractivity contribution >= 4 is 28.3 Å². The van der Waals surface area contributed by atoms with Gasteiger partial charge in [0.2, 0.25) is 11.5 Å². The molecule has 9 heteroatoms. The number of carbonyl (C=O) groups is 1. The van der Waals surface area contributed by atoms with E-state index < -0.39 is 18.5 Å². The summed E-state index contributed by atoms with van der Waals surface area (Å²) in [4.78, 5) is 18.1. The van der Waals surface area contributed by atoms with E-state index in [0.29, 0.717) is 0 Å². The van der Waals surface area contributed by atoms with Gasteiger partial charge in [0.25, 0.3) is 6.86 Å². The minimum Gasteiger partial charge on any atom is -0.476 e. The van der Waals surface area contributed by atoms with Crippen molar-refractivity contribution in [2.45, 2.75) is 0 Å². The van der Waals surface area contributed by atoms with Gasteiger partial charge in [-0.15, -0.1) is 0 Å². The Morgan fingerprint density at radius 1 is 1.86 bits per heavy atom. The number of nitrogen functional groups attached to an aromatic ring is 1. The molecule has 1 aromatic rings. The molecule has 0 fully saturated rings. The number of alkyl halides is 1. The highest BCUT2D eigenvalue weighted by Crippen LogP contribution is 2.07. The Balaban J connectivity index is 2.94. The third-order valence-electron chi connectivity index (χ3n) is 1.06. The van der Waals surface area contributed by atoms with Gasteiger partial charge in [0.15, 0.2) is 5.13 Å². The molecule has 0 aromatic carbocycles. The van der Waals surface area contributed by atoms with Crippen LogP contribution in [0.5, 0.6) is 0 Å². The van der Waals surface area contributed by atoms with E-state index in [9.17, 15) is 9.18 Å². The van der Waals surface area contributed by atoms with E-state index in [1.165, 1.54) is 0 Å². The lowest BCUT2D eigenvalue weighted by atomic mass is 10.4. The average molecular weight is 222 g/mol. The molecule has 0 saturated heterocycles. The molecule has 0 radical (unpaired) electrons. The number of halogens is 1. The number of anilines is 1. The first-order valence-electron chi connectivity index (χ1n) is 3.24. The second kappa shape index (κ2) is 4.46. The Labute approximate surface area is 81.2 Å². The second-order valence-corrected chi connectivity index (χ2v) is 2.72. The fraction of sp³-hybridized carbons (Fsp3) is 0.200. The van der Waals surface area contributed by atoms with Gasteiger partial charge in [0, 0.05) is 11.5 Å². The minimum absolute atomic E-state index is 0.0919. The van der Waals surface area contributed by atoms with Crippen molar-refractivity contribution in [3.05, 3.63) is 5.82 Å². The van der Waals surface area contributed by atoms with Crippen LogP contribution in [-0.2, 0) is 9.63 Å². The first-order valence-corrected chi connectivity index (χ1v) is 4.01. The quantitative estimate of drug-likeness (QED) is 0.541. The summed E-state index contributed by atoms with van der Waals surface area (Å²) < 4.78 is 15.1. The van der Waals surface area contributed by atoms with Crippen LogP contribution in [0.15, 0.2) is 5.16 Å². The number of aromatic nitrogens is 2. The zero-order valence-corrected chi connectivity index (χ0v) is 7.49. The normalized spacial score (nSPS) is 11.4. The molecule has 1 rings (SSSR count). The molecule has 0 unspecified atom stereocenters. The fourth-order valence-corrected chi connectivity index (χ4v) is 1.03. The molecular weight excluding hydrogens is 217 g/mol. The molecule has 1 heterocycles. The molecule has 1 aromatic heterocycles. The minimum atomic E-state index is -1.42. The lowest BCUT2D eigenvalue weighted by Crippen LogP contribution is -2.16. The van der Waals surface area contributed by atoms with E-state index in [0.717, 1.165) is 11.5 Å². The summed E-state index contributed by atoms with van der Waals surface area (Å²) in [6.45, 7) is -1.23. The molecule has 0 amide bonds. The summed E-state index contributed by atoms with van der Waals surface area (Å²) in [7, 11) is 0. The third-order valence-corrected chi connectivity index (χ3v) is 1.60. The van der Waals surface area contributed by atoms with Gasteiger partial charge in [-0.05, 0) is 0 Å². The highest BCUT2D eigenvalue weighted by atomic mass is 32.1.